The van der Waals surface area contributed by atoms with Gasteiger partial charge in [-0.25, -0.2) is 13.6 Å². The third kappa shape index (κ3) is 2.27. The van der Waals surface area contributed by atoms with E-state index < -0.39 is 29.8 Å². The number of urea groups is 1. The van der Waals surface area contributed by atoms with Crippen molar-refractivity contribution < 1.29 is 23.5 Å². The number of carbonyl (C=O) groups is 2. The number of aliphatic hydroxyl groups excluding tert-OH is 1. The van der Waals surface area contributed by atoms with E-state index in [1.54, 1.807) is 0 Å². The van der Waals surface area contributed by atoms with Crippen molar-refractivity contribution in [2.45, 2.75) is 25.0 Å². The molecule has 2 atom stereocenters. The van der Waals surface area contributed by atoms with Gasteiger partial charge in [-0.2, -0.15) is 0 Å². The Bertz CT molecular complexity index is 586. The first-order valence-electron chi connectivity index (χ1n) is 6.74. The van der Waals surface area contributed by atoms with Crippen LogP contribution in [0.1, 0.15) is 24.5 Å². The monoisotopic (exact) mass is 296 g/mol. The molecule has 2 fully saturated rings. The van der Waals surface area contributed by atoms with Gasteiger partial charge in [-0.1, -0.05) is 0 Å². The lowest BCUT2D eigenvalue weighted by molar-refractivity contribution is -0.129. The van der Waals surface area contributed by atoms with Crippen LogP contribution in [0.5, 0.6) is 0 Å². The van der Waals surface area contributed by atoms with Crippen molar-refractivity contribution in [3.05, 3.63) is 35.4 Å². The molecule has 1 aromatic rings. The van der Waals surface area contributed by atoms with Gasteiger partial charge in [0.2, 0.25) is 0 Å². The van der Waals surface area contributed by atoms with E-state index in [9.17, 15) is 23.5 Å². The van der Waals surface area contributed by atoms with Crippen molar-refractivity contribution in [3.8, 4) is 0 Å². The summed E-state index contributed by atoms with van der Waals surface area (Å²) in [5, 5.41) is 10.0. The number of carbonyl (C=O) groups excluding carboxylic acids is 2. The Labute approximate surface area is 119 Å². The molecule has 1 N–H and O–H groups in total. The number of fused-ring (bicyclic) bond motifs is 1. The van der Waals surface area contributed by atoms with Crippen LogP contribution in [-0.4, -0.2) is 46.0 Å². The van der Waals surface area contributed by atoms with Crippen LogP contribution in [0.2, 0.25) is 0 Å². The van der Waals surface area contributed by atoms with Crippen molar-refractivity contribution in [1.82, 2.24) is 9.80 Å². The number of imide groups is 1. The second-order valence-corrected chi connectivity index (χ2v) is 5.26. The molecule has 7 heteroatoms. The van der Waals surface area contributed by atoms with E-state index in [-0.39, 0.29) is 18.0 Å². The standard InChI is InChI=1S/C14H14F2N2O3/c15-8-3-4-10(16)9(6-8)12(19)7-18-13(20)11-2-1-5-17(11)14(18)21/h3-4,6,11-12,19H,1-2,5,7H2/t11-,12+/m0/s1. The molecular weight excluding hydrogens is 282 g/mol. The number of halogens is 2. The van der Waals surface area contributed by atoms with Gasteiger partial charge < -0.3 is 10.0 Å². The molecule has 2 aliphatic rings. The lowest BCUT2D eigenvalue weighted by Gasteiger charge is -2.19. The molecule has 21 heavy (non-hydrogen) atoms. The Morgan fingerprint density at radius 1 is 1.33 bits per heavy atom. The summed E-state index contributed by atoms with van der Waals surface area (Å²) in [6, 6.07) is 1.76. The third-order valence-corrected chi connectivity index (χ3v) is 3.95. The predicted octanol–water partition coefficient (Wildman–Crippen LogP) is 1.42. The van der Waals surface area contributed by atoms with Crippen LogP contribution in [0.3, 0.4) is 0 Å². The average Bonchev–Trinajstić information content (AvgIpc) is 3.01. The molecule has 2 aliphatic heterocycles. The maximum absolute atomic E-state index is 13.6. The van der Waals surface area contributed by atoms with Gasteiger partial charge >= 0.3 is 6.03 Å². The van der Waals surface area contributed by atoms with E-state index in [1.807, 2.05) is 0 Å². The van der Waals surface area contributed by atoms with E-state index >= 15 is 0 Å². The summed E-state index contributed by atoms with van der Waals surface area (Å²) >= 11 is 0. The summed E-state index contributed by atoms with van der Waals surface area (Å²) in [5.41, 5.74) is -0.261. The van der Waals surface area contributed by atoms with Gasteiger partial charge in [-0.15, -0.1) is 0 Å². The molecule has 0 spiro atoms. The van der Waals surface area contributed by atoms with Crippen molar-refractivity contribution in [1.29, 1.82) is 0 Å². The minimum Gasteiger partial charge on any atom is -0.386 e. The maximum atomic E-state index is 13.6. The van der Waals surface area contributed by atoms with Crippen LogP contribution in [0.25, 0.3) is 0 Å². The largest absolute Gasteiger partial charge is 0.386 e. The molecule has 5 nitrogen and oxygen atoms in total. The molecule has 112 valence electrons. The topological polar surface area (TPSA) is 60.9 Å². The quantitative estimate of drug-likeness (QED) is 0.858. The van der Waals surface area contributed by atoms with E-state index in [0.717, 1.165) is 29.5 Å². The van der Waals surface area contributed by atoms with E-state index in [1.165, 1.54) is 4.90 Å². The van der Waals surface area contributed by atoms with Crippen LogP contribution in [0.4, 0.5) is 13.6 Å². The van der Waals surface area contributed by atoms with Crippen LogP contribution in [0.15, 0.2) is 18.2 Å². The normalized spacial score (nSPS) is 22.9. The van der Waals surface area contributed by atoms with Crippen molar-refractivity contribution >= 4 is 11.9 Å². The zero-order chi connectivity index (χ0) is 15.1. The second kappa shape index (κ2) is 5.07. The van der Waals surface area contributed by atoms with Gasteiger partial charge in [0, 0.05) is 12.1 Å². The number of hydrogen-bond donors (Lipinski definition) is 1. The smallest absolute Gasteiger partial charge is 0.327 e. The summed E-state index contributed by atoms with van der Waals surface area (Å²) in [5.74, 6) is -1.85. The zero-order valence-electron chi connectivity index (χ0n) is 11.1. The first kappa shape index (κ1) is 13.9. The zero-order valence-corrected chi connectivity index (χ0v) is 11.1. The fourth-order valence-electron chi connectivity index (χ4n) is 2.89. The number of hydrogen-bond acceptors (Lipinski definition) is 3. The number of benzene rings is 1. The minimum atomic E-state index is -1.45. The number of rotatable bonds is 3. The molecule has 0 saturated carbocycles. The van der Waals surface area contributed by atoms with Gasteiger partial charge in [0.1, 0.15) is 23.8 Å². The highest BCUT2D eigenvalue weighted by molar-refractivity contribution is 6.04. The number of aliphatic hydroxyl groups is 1. The average molecular weight is 296 g/mol. The van der Waals surface area contributed by atoms with Gasteiger partial charge in [0.05, 0.1) is 6.54 Å². The van der Waals surface area contributed by atoms with Crippen LogP contribution in [-0.2, 0) is 4.79 Å². The summed E-state index contributed by atoms with van der Waals surface area (Å²) in [7, 11) is 0. The Morgan fingerprint density at radius 2 is 2.10 bits per heavy atom. The summed E-state index contributed by atoms with van der Waals surface area (Å²) in [4.78, 5) is 26.5. The summed E-state index contributed by atoms with van der Waals surface area (Å²) < 4.78 is 26.7. The van der Waals surface area contributed by atoms with Gasteiger partial charge in [0.25, 0.3) is 5.91 Å². The highest BCUT2D eigenvalue weighted by Gasteiger charge is 2.47. The predicted molar refractivity (Wildman–Crippen MR) is 68.2 cm³/mol. The molecular formula is C14H14F2N2O3. The number of nitrogens with zero attached hydrogens (tertiary/aromatic N) is 2. The van der Waals surface area contributed by atoms with Gasteiger partial charge in [0.15, 0.2) is 0 Å². The SMILES string of the molecule is O=C1[C@@H]2CCCN2C(=O)N1C[C@@H](O)c1cc(F)ccc1F. The van der Waals surface area contributed by atoms with E-state index in [2.05, 4.69) is 0 Å². The van der Waals surface area contributed by atoms with Crippen LogP contribution in [0, 0.1) is 11.6 Å². The Morgan fingerprint density at radius 3 is 2.81 bits per heavy atom. The molecule has 0 aromatic heterocycles. The Hall–Kier alpha value is -2.02. The highest BCUT2D eigenvalue weighted by atomic mass is 19.1. The number of amides is 3. The molecule has 2 heterocycles. The fraction of sp³-hybridized carbons (Fsp3) is 0.429. The van der Waals surface area contributed by atoms with Crippen LogP contribution >= 0.6 is 0 Å². The van der Waals surface area contributed by atoms with Crippen molar-refractivity contribution in [2.24, 2.45) is 0 Å². The molecule has 0 radical (unpaired) electrons. The maximum Gasteiger partial charge on any atom is 0.327 e. The molecule has 3 rings (SSSR count). The molecule has 1 aromatic carbocycles. The van der Waals surface area contributed by atoms with Gasteiger partial charge in [-0.05, 0) is 31.0 Å². The lowest BCUT2D eigenvalue weighted by atomic mass is 10.1. The van der Waals surface area contributed by atoms with Crippen molar-refractivity contribution in [3.63, 3.8) is 0 Å². The molecule has 0 aliphatic carbocycles. The number of β-amino-alcohol motifs (C(OH)–C–C–N with tert-alkyl or cyclic N) is 1. The molecule has 0 bridgehead atoms. The first-order valence-corrected chi connectivity index (χ1v) is 6.74. The highest BCUT2D eigenvalue weighted by Crippen LogP contribution is 2.29. The Balaban J connectivity index is 1.79. The third-order valence-electron chi connectivity index (χ3n) is 3.95. The Kier molecular flexibility index (Phi) is 3.36. The van der Waals surface area contributed by atoms with Crippen LogP contribution < -0.4 is 0 Å². The molecule has 2 saturated heterocycles. The van der Waals surface area contributed by atoms with Crippen molar-refractivity contribution in [2.75, 3.05) is 13.1 Å². The minimum absolute atomic E-state index is 0.261. The fourth-order valence-corrected chi connectivity index (χ4v) is 2.89. The molecule has 3 amide bonds. The second-order valence-electron chi connectivity index (χ2n) is 5.26. The van der Waals surface area contributed by atoms with Gasteiger partial charge in [-0.3, -0.25) is 9.69 Å². The summed E-state index contributed by atoms with van der Waals surface area (Å²) in [6.45, 7) is 0.140. The van der Waals surface area contributed by atoms with E-state index in [4.69, 9.17) is 0 Å². The van der Waals surface area contributed by atoms with E-state index in [0.29, 0.717) is 13.0 Å². The summed E-state index contributed by atoms with van der Waals surface area (Å²) in [6.07, 6.45) is -0.0728. The first-order chi connectivity index (χ1) is 9.99. The molecule has 0 unspecified atom stereocenters. The lowest BCUT2D eigenvalue weighted by Crippen LogP contribution is -2.36.